The summed E-state index contributed by atoms with van der Waals surface area (Å²) in [5.74, 6) is 1.09. The molecule has 4 amide bonds. The van der Waals surface area contributed by atoms with Crippen molar-refractivity contribution in [3.8, 4) is 11.5 Å². The lowest BCUT2D eigenvalue weighted by atomic mass is 10.1. The third-order valence-corrected chi connectivity index (χ3v) is 7.59. The number of urea groups is 1. The van der Waals surface area contributed by atoms with Crippen LogP contribution in [0, 0.1) is 0 Å². The summed E-state index contributed by atoms with van der Waals surface area (Å²) in [6.07, 6.45) is 2.33. The maximum Gasteiger partial charge on any atom is 0.331 e. The molecule has 2 aliphatic heterocycles. The number of nitrogens with one attached hydrogen (secondary N) is 2. The second-order valence-electron chi connectivity index (χ2n) is 8.92. The van der Waals surface area contributed by atoms with Crippen molar-refractivity contribution in [1.82, 2.24) is 15.2 Å². The van der Waals surface area contributed by atoms with Crippen molar-refractivity contribution in [3.05, 3.63) is 71.7 Å². The van der Waals surface area contributed by atoms with Gasteiger partial charge < -0.3 is 20.3 Å². The van der Waals surface area contributed by atoms with Gasteiger partial charge in [-0.25, -0.2) is 9.78 Å². The van der Waals surface area contributed by atoms with E-state index in [0.29, 0.717) is 52.0 Å². The Balaban J connectivity index is 0.00000294. The number of para-hydroxylation sites is 1. The number of benzene rings is 2. The van der Waals surface area contributed by atoms with Gasteiger partial charge in [0.25, 0.3) is 5.91 Å². The zero-order valence-electron chi connectivity index (χ0n) is 20.4. The highest BCUT2D eigenvalue weighted by Crippen LogP contribution is 2.45. The first-order valence-corrected chi connectivity index (χ1v) is 12.7. The molecule has 0 radical (unpaired) electrons. The molecular weight excluding hydrogens is 522 g/mol. The smallest absolute Gasteiger partial charge is 0.331 e. The number of likely N-dealkylation sites (tertiary alicyclic amines) is 1. The highest BCUT2D eigenvalue weighted by atomic mass is 32.1. The third kappa shape index (κ3) is 4.66. The zero-order chi connectivity index (χ0) is 25.5. The van der Waals surface area contributed by atoms with Gasteiger partial charge in [-0.3, -0.25) is 14.5 Å². The Morgan fingerprint density at radius 3 is 2.53 bits per heavy atom. The Hall–Kier alpha value is -4.09. The maximum absolute atomic E-state index is 13.3. The van der Waals surface area contributed by atoms with Crippen molar-refractivity contribution in [3.63, 3.8) is 0 Å². The van der Waals surface area contributed by atoms with E-state index >= 15 is 0 Å². The molecule has 6 rings (SSSR count). The van der Waals surface area contributed by atoms with Gasteiger partial charge in [0, 0.05) is 32.3 Å². The van der Waals surface area contributed by atoms with Crippen molar-refractivity contribution < 1.29 is 19.1 Å². The number of aromatic nitrogens is 1. The van der Waals surface area contributed by atoms with Gasteiger partial charge in [-0.1, -0.05) is 18.2 Å². The van der Waals surface area contributed by atoms with E-state index in [1.165, 1.54) is 18.3 Å². The summed E-state index contributed by atoms with van der Waals surface area (Å²) >= 11 is 1.24. The number of carbonyl (C=O) groups excluding carboxylic acids is 3. The Morgan fingerprint density at radius 1 is 1.08 bits per heavy atom. The van der Waals surface area contributed by atoms with Crippen LogP contribution >= 0.6 is 24.8 Å². The first-order chi connectivity index (χ1) is 18.0. The van der Waals surface area contributed by atoms with E-state index in [-0.39, 0.29) is 37.4 Å². The van der Waals surface area contributed by atoms with Gasteiger partial charge in [0.1, 0.15) is 21.2 Å². The van der Waals surface area contributed by atoms with Crippen LogP contribution < -0.4 is 20.3 Å². The highest BCUT2D eigenvalue weighted by molar-refractivity contribution is 7.59. The van der Waals surface area contributed by atoms with E-state index in [2.05, 4.69) is 15.6 Å². The standard InChI is InChI=1S/C27H23N5O4S.H2S/c1-16(33)31-14-12-17(15-31)29-25(34)24-23-22-21(11-13-28-26(22)37-24)32(27(35)30-23)18-7-9-20(10-8-18)36-19-5-3-2-4-6-19;/h2-11,13,17H,12,14-15H2,1H3,(H,29,34)(H,30,35);1H2/t17-;/m0./s1. The molecule has 11 heteroatoms. The summed E-state index contributed by atoms with van der Waals surface area (Å²) in [5, 5.41) is 6.64. The SMILES string of the molecule is CC(=O)N1CC[C@H](NC(=O)c2sc3nccc4c3c2NC(=O)N4c2ccc(Oc3ccccc3)cc2)C1.S. The number of hydrogen-bond donors (Lipinski definition) is 2. The lowest BCUT2D eigenvalue weighted by Crippen LogP contribution is -2.38. The van der Waals surface area contributed by atoms with Gasteiger partial charge in [-0.15, -0.1) is 11.3 Å². The second-order valence-corrected chi connectivity index (χ2v) is 9.91. The third-order valence-electron chi connectivity index (χ3n) is 6.49. The molecule has 2 aliphatic rings. The molecule has 1 fully saturated rings. The Kier molecular flexibility index (Phi) is 6.96. The summed E-state index contributed by atoms with van der Waals surface area (Å²) < 4.78 is 5.87. The molecule has 0 spiro atoms. The van der Waals surface area contributed by atoms with Gasteiger partial charge >= 0.3 is 6.03 Å². The molecule has 4 heterocycles. The minimum Gasteiger partial charge on any atom is -0.457 e. The molecule has 38 heavy (non-hydrogen) atoms. The van der Waals surface area contributed by atoms with Crippen molar-refractivity contribution in [2.45, 2.75) is 19.4 Å². The molecule has 194 valence electrons. The van der Waals surface area contributed by atoms with Gasteiger partial charge in [0.05, 0.1) is 22.4 Å². The summed E-state index contributed by atoms with van der Waals surface area (Å²) in [5.41, 5.74) is 1.77. The van der Waals surface area contributed by atoms with Crippen LogP contribution in [-0.4, -0.2) is 46.9 Å². The number of carbonyl (C=O) groups is 3. The van der Waals surface area contributed by atoms with E-state index in [1.807, 2.05) is 54.6 Å². The van der Waals surface area contributed by atoms with Crippen LogP contribution in [0.2, 0.25) is 0 Å². The Morgan fingerprint density at radius 2 is 1.82 bits per heavy atom. The Bertz CT molecular complexity index is 1520. The van der Waals surface area contributed by atoms with Crippen molar-refractivity contribution in [2.75, 3.05) is 23.3 Å². The molecule has 2 N–H and O–H groups in total. The normalized spacial score (nSPS) is 16.1. The number of rotatable bonds is 5. The highest BCUT2D eigenvalue weighted by Gasteiger charge is 2.34. The fourth-order valence-electron chi connectivity index (χ4n) is 4.70. The molecule has 1 saturated heterocycles. The van der Waals surface area contributed by atoms with E-state index in [1.54, 1.807) is 22.1 Å². The summed E-state index contributed by atoms with van der Waals surface area (Å²) in [7, 11) is 0. The van der Waals surface area contributed by atoms with Crippen molar-refractivity contribution in [2.24, 2.45) is 0 Å². The average molecular weight is 548 g/mol. The predicted molar refractivity (Wildman–Crippen MR) is 152 cm³/mol. The summed E-state index contributed by atoms with van der Waals surface area (Å²) in [6, 6.07) is 18.0. The first kappa shape index (κ1) is 25.6. The molecule has 2 aromatic heterocycles. The van der Waals surface area contributed by atoms with Gasteiger partial charge in [-0.05, 0) is 48.9 Å². The van der Waals surface area contributed by atoms with Gasteiger partial charge in [-0.2, -0.15) is 13.5 Å². The molecule has 9 nitrogen and oxygen atoms in total. The quantitative estimate of drug-likeness (QED) is 0.356. The fraction of sp³-hybridized carbons (Fsp3) is 0.185. The van der Waals surface area contributed by atoms with Gasteiger partial charge in [0.15, 0.2) is 0 Å². The van der Waals surface area contributed by atoms with Gasteiger partial charge in [0.2, 0.25) is 5.91 Å². The molecule has 1 atom stereocenters. The topological polar surface area (TPSA) is 104 Å². The summed E-state index contributed by atoms with van der Waals surface area (Å²) in [4.78, 5) is 46.9. The Labute approximate surface area is 229 Å². The minimum atomic E-state index is -0.368. The van der Waals surface area contributed by atoms with E-state index < -0.39 is 0 Å². The molecule has 0 bridgehead atoms. The number of hydrogen-bond acceptors (Lipinski definition) is 6. The van der Waals surface area contributed by atoms with E-state index in [9.17, 15) is 14.4 Å². The predicted octanol–water partition coefficient (Wildman–Crippen LogP) is 5.24. The zero-order valence-corrected chi connectivity index (χ0v) is 22.2. The van der Waals surface area contributed by atoms with Crippen LogP contribution in [0.4, 0.5) is 21.9 Å². The number of thiophene rings is 1. The van der Waals surface area contributed by atoms with Crippen LogP contribution in [0.5, 0.6) is 11.5 Å². The summed E-state index contributed by atoms with van der Waals surface area (Å²) in [6.45, 7) is 2.62. The second kappa shape index (κ2) is 10.3. The lowest BCUT2D eigenvalue weighted by Gasteiger charge is -2.28. The van der Waals surface area contributed by atoms with Crippen molar-refractivity contribution in [1.29, 1.82) is 0 Å². The molecule has 4 aromatic rings. The minimum absolute atomic E-state index is 0. The van der Waals surface area contributed by atoms with E-state index in [4.69, 9.17) is 4.74 Å². The van der Waals surface area contributed by atoms with Crippen LogP contribution in [0.15, 0.2) is 66.9 Å². The monoisotopic (exact) mass is 547 g/mol. The van der Waals surface area contributed by atoms with Crippen LogP contribution in [0.3, 0.4) is 0 Å². The molecular formula is C27H25N5O4S2. The molecule has 0 unspecified atom stereocenters. The number of ether oxygens (including phenoxy) is 1. The van der Waals surface area contributed by atoms with Crippen molar-refractivity contribution >= 4 is 70.0 Å². The lowest BCUT2D eigenvalue weighted by molar-refractivity contribution is -0.127. The number of anilines is 3. The number of nitrogens with zero attached hydrogens (tertiary/aromatic N) is 3. The van der Waals surface area contributed by atoms with Crippen LogP contribution in [0.1, 0.15) is 23.0 Å². The number of amides is 4. The fourth-order valence-corrected chi connectivity index (χ4v) is 5.73. The number of pyridine rings is 1. The maximum atomic E-state index is 13.3. The van der Waals surface area contributed by atoms with Crippen LogP contribution in [0.25, 0.3) is 10.2 Å². The van der Waals surface area contributed by atoms with E-state index in [0.717, 1.165) is 11.1 Å². The molecule has 2 aromatic carbocycles. The first-order valence-electron chi connectivity index (χ1n) is 11.9. The molecule has 0 saturated carbocycles. The van der Waals surface area contributed by atoms with Crippen LogP contribution in [-0.2, 0) is 4.79 Å². The molecule has 0 aliphatic carbocycles. The largest absolute Gasteiger partial charge is 0.457 e. The average Bonchev–Trinajstić information content (AvgIpc) is 3.51.